The van der Waals surface area contributed by atoms with E-state index in [9.17, 15) is 9.59 Å². The second-order valence-electron chi connectivity index (χ2n) is 4.86. The Bertz CT molecular complexity index is 862. The molecule has 0 fully saturated rings. The third-order valence-corrected chi connectivity index (χ3v) is 3.59. The molecule has 0 aliphatic rings. The number of fused-ring (bicyclic) bond motifs is 1. The van der Waals surface area contributed by atoms with Gasteiger partial charge in [0.1, 0.15) is 5.65 Å². The lowest BCUT2D eigenvalue weighted by molar-refractivity contribution is 0.562. The number of carbonyl (C=O) groups excluding carboxylic acids is 1. The van der Waals surface area contributed by atoms with Gasteiger partial charge in [0, 0.05) is 17.7 Å². The maximum absolute atomic E-state index is 12.1. The molecule has 1 atom stereocenters. The third-order valence-electron chi connectivity index (χ3n) is 3.59. The van der Waals surface area contributed by atoms with Crippen LogP contribution in [0.25, 0.3) is 11.0 Å². The number of hydrogen-bond acceptors (Lipinski definition) is 4. The maximum atomic E-state index is 12.1. The van der Waals surface area contributed by atoms with E-state index >= 15 is 0 Å². The van der Waals surface area contributed by atoms with E-state index in [4.69, 9.17) is 5.73 Å². The molecule has 1 unspecified atom stereocenters. The van der Waals surface area contributed by atoms with Gasteiger partial charge >= 0.3 is 0 Å². The Morgan fingerprint density at radius 3 is 2.67 bits per heavy atom. The number of H-pyrrole nitrogens is 2. The number of rotatable bonds is 3. The van der Waals surface area contributed by atoms with E-state index in [0.29, 0.717) is 16.6 Å². The van der Waals surface area contributed by atoms with Gasteiger partial charge in [-0.2, -0.15) is 4.98 Å². The molecule has 0 aliphatic carbocycles. The Balaban J connectivity index is 2.11. The minimum absolute atomic E-state index is 0.0222. The highest BCUT2D eigenvalue weighted by Gasteiger charge is 2.17. The molecule has 105 valence electrons. The Morgan fingerprint density at radius 1 is 1.29 bits per heavy atom. The third kappa shape index (κ3) is 2.20. The van der Waals surface area contributed by atoms with Crippen LogP contribution >= 0.6 is 0 Å². The molecule has 2 aromatic heterocycles. The summed E-state index contributed by atoms with van der Waals surface area (Å²) in [4.78, 5) is 32.2. The van der Waals surface area contributed by atoms with Gasteiger partial charge < -0.3 is 10.7 Å². The topological polar surface area (TPSA) is 105 Å². The van der Waals surface area contributed by atoms with E-state index < -0.39 is 0 Å². The molecule has 6 heteroatoms. The zero-order valence-corrected chi connectivity index (χ0v) is 11.3. The van der Waals surface area contributed by atoms with Crippen molar-refractivity contribution >= 4 is 23.3 Å². The maximum Gasteiger partial charge on any atom is 0.262 e. The van der Waals surface area contributed by atoms with Gasteiger partial charge in [0.05, 0.1) is 5.39 Å². The summed E-state index contributed by atoms with van der Waals surface area (Å²) in [5.74, 6) is 0.0606. The highest BCUT2D eigenvalue weighted by Crippen LogP contribution is 2.28. The summed E-state index contributed by atoms with van der Waals surface area (Å²) in [7, 11) is 0. The van der Waals surface area contributed by atoms with Gasteiger partial charge in [-0.1, -0.05) is 31.2 Å². The van der Waals surface area contributed by atoms with Gasteiger partial charge in [0.2, 0.25) is 12.2 Å². The molecule has 0 saturated heterocycles. The fraction of sp³-hybridized carbons (Fsp3) is 0.133. The zero-order valence-electron chi connectivity index (χ0n) is 11.3. The molecular formula is C15H13N4O2. The summed E-state index contributed by atoms with van der Waals surface area (Å²) in [6.07, 6.45) is 3.60. The van der Waals surface area contributed by atoms with Crippen molar-refractivity contribution < 1.29 is 4.79 Å². The molecule has 3 rings (SSSR count). The highest BCUT2D eigenvalue weighted by molar-refractivity contribution is 5.81. The fourth-order valence-corrected chi connectivity index (χ4v) is 2.44. The summed E-state index contributed by atoms with van der Waals surface area (Å²) in [6, 6.07) is 7.10. The predicted octanol–water partition coefficient (Wildman–Crippen LogP) is 1.44. The van der Waals surface area contributed by atoms with Crippen molar-refractivity contribution in [1.82, 2.24) is 15.0 Å². The highest BCUT2D eigenvalue weighted by atomic mass is 16.1. The molecule has 6 nitrogen and oxygen atoms in total. The molecule has 0 saturated carbocycles. The van der Waals surface area contributed by atoms with E-state index in [1.165, 1.54) is 0 Å². The number of nitrogen functional groups attached to an aromatic ring is 1. The van der Waals surface area contributed by atoms with Crippen LogP contribution in [-0.2, 0) is 4.79 Å². The SMILES string of the molecule is CC(c1ccc([C]=O)cc1)c1c[nH]c2nc(N)[nH]c(=O)c12. The molecule has 1 aromatic carbocycles. The molecule has 3 aromatic rings. The first kappa shape index (κ1) is 13.1. The Labute approximate surface area is 120 Å². The van der Waals surface area contributed by atoms with Gasteiger partial charge in [-0.15, -0.1) is 0 Å². The average Bonchev–Trinajstić information content (AvgIpc) is 2.90. The average molecular weight is 281 g/mol. The minimum Gasteiger partial charge on any atom is -0.369 e. The molecule has 1 radical (unpaired) electrons. The second kappa shape index (κ2) is 4.90. The summed E-state index contributed by atoms with van der Waals surface area (Å²) in [5.41, 5.74) is 8.06. The number of aromatic amines is 2. The van der Waals surface area contributed by atoms with Crippen LogP contribution in [0.3, 0.4) is 0 Å². The zero-order chi connectivity index (χ0) is 15.0. The number of hydrogen-bond donors (Lipinski definition) is 3. The Hall–Kier alpha value is -2.89. The van der Waals surface area contributed by atoms with Crippen molar-refractivity contribution in [2.45, 2.75) is 12.8 Å². The van der Waals surface area contributed by atoms with Crippen molar-refractivity contribution in [2.24, 2.45) is 0 Å². The smallest absolute Gasteiger partial charge is 0.262 e. The summed E-state index contributed by atoms with van der Waals surface area (Å²) in [6.45, 7) is 1.98. The fourth-order valence-electron chi connectivity index (χ4n) is 2.44. The van der Waals surface area contributed by atoms with Crippen molar-refractivity contribution in [3.05, 3.63) is 57.5 Å². The van der Waals surface area contributed by atoms with Gasteiger partial charge in [-0.25, -0.2) is 0 Å². The first-order valence-corrected chi connectivity index (χ1v) is 6.45. The molecule has 2 heterocycles. The van der Waals surface area contributed by atoms with Gasteiger partial charge in [0.15, 0.2) is 0 Å². The van der Waals surface area contributed by atoms with Crippen molar-refractivity contribution in [2.75, 3.05) is 5.73 Å². The molecule has 0 bridgehead atoms. The number of benzene rings is 1. The van der Waals surface area contributed by atoms with Crippen molar-refractivity contribution in [3.8, 4) is 0 Å². The monoisotopic (exact) mass is 281 g/mol. The van der Waals surface area contributed by atoms with E-state index in [1.54, 1.807) is 18.3 Å². The van der Waals surface area contributed by atoms with Crippen LogP contribution in [0.1, 0.15) is 29.5 Å². The minimum atomic E-state index is -0.265. The Morgan fingerprint density at radius 2 is 2.00 bits per heavy atom. The van der Waals surface area contributed by atoms with Crippen LogP contribution < -0.4 is 11.3 Å². The number of aromatic nitrogens is 3. The summed E-state index contributed by atoms with van der Waals surface area (Å²) >= 11 is 0. The summed E-state index contributed by atoms with van der Waals surface area (Å²) < 4.78 is 0. The molecule has 0 spiro atoms. The number of nitrogens with two attached hydrogens (primary N) is 1. The molecular weight excluding hydrogens is 268 g/mol. The number of nitrogens with zero attached hydrogens (tertiary/aromatic N) is 1. The molecule has 21 heavy (non-hydrogen) atoms. The van der Waals surface area contributed by atoms with Crippen LogP contribution in [0.4, 0.5) is 5.95 Å². The van der Waals surface area contributed by atoms with E-state index in [-0.39, 0.29) is 17.4 Å². The number of nitrogens with one attached hydrogen (secondary N) is 2. The quantitative estimate of drug-likeness (QED) is 0.675. The van der Waals surface area contributed by atoms with Crippen molar-refractivity contribution in [3.63, 3.8) is 0 Å². The molecule has 4 N–H and O–H groups in total. The first-order valence-electron chi connectivity index (χ1n) is 6.45. The van der Waals surface area contributed by atoms with E-state index in [2.05, 4.69) is 15.0 Å². The predicted molar refractivity (Wildman–Crippen MR) is 79.9 cm³/mol. The van der Waals surface area contributed by atoms with E-state index in [0.717, 1.165) is 11.1 Å². The lowest BCUT2D eigenvalue weighted by atomic mass is 9.93. The molecule has 0 amide bonds. The standard InChI is InChI=1S/C15H13N4O2/c1-8(10-4-2-9(7-20)3-5-10)11-6-17-13-12(11)14(21)19-15(16)18-13/h2-6,8H,1H3,(H4,16,17,18,19,21). The first-order chi connectivity index (χ1) is 10.1. The largest absolute Gasteiger partial charge is 0.369 e. The second-order valence-corrected chi connectivity index (χ2v) is 4.86. The van der Waals surface area contributed by atoms with Gasteiger partial charge in [-0.05, 0) is 11.1 Å². The lowest BCUT2D eigenvalue weighted by Crippen LogP contribution is -2.12. The normalized spacial score (nSPS) is 12.4. The van der Waals surface area contributed by atoms with Crippen LogP contribution in [0, 0.1) is 0 Å². The van der Waals surface area contributed by atoms with Crippen LogP contribution in [0.15, 0.2) is 35.3 Å². The van der Waals surface area contributed by atoms with Crippen LogP contribution in [0.5, 0.6) is 0 Å². The molecule has 0 aliphatic heterocycles. The summed E-state index contributed by atoms with van der Waals surface area (Å²) in [5, 5.41) is 0.503. The van der Waals surface area contributed by atoms with Crippen LogP contribution in [0.2, 0.25) is 0 Å². The van der Waals surface area contributed by atoms with Gasteiger partial charge in [0.25, 0.3) is 5.56 Å². The van der Waals surface area contributed by atoms with Crippen LogP contribution in [-0.4, -0.2) is 21.2 Å². The number of anilines is 1. The van der Waals surface area contributed by atoms with Gasteiger partial charge in [-0.3, -0.25) is 14.6 Å². The van der Waals surface area contributed by atoms with E-state index in [1.807, 2.05) is 25.3 Å². The van der Waals surface area contributed by atoms with Crippen molar-refractivity contribution in [1.29, 1.82) is 0 Å². The lowest BCUT2D eigenvalue weighted by Gasteiger charge is -2.10. The Kier molecular flexibility index (Phi) is 3.06.